The van der Waals surface area contributed by atoms with Crippen LogP contribution in [0.2, 0.25) is 0 Å². The normalized spacial score (nSPS) is 12.4. The first-order valence-electron chi connectivity index (χ1n) is 9.27. The molecule has 1 amide bonds. The summed E-state index contributed by atoms with van der Waals surface area (Å²) in [5.41, 5.74) is 2.27. The van der Waals surface area contributed by atoms with Gasteiger partial charge < -0.3 is 5.32 Å². The average Bonchev–Trinajstić information content (AvgIpc) is 3.10. The number of hydrogen-bond donors (Lipinski definition) is 1. The van der Waals surface area contributed by atoms with Crippen LogP contribution in [0.3, 0.4) is 0 Å². The summed E-state index contributed by atoms with van der Waals surface area (Å²) < 4.78 is 1.96. The molecule has 0 aliphatic rings. The number of nitrogens with one attached hydrogen (secondary N) is 1. The fraction of sp³-hybridized carbons (Fsp3) is 0.238. The molecule has 4 rings (SSSR count). The molecule has 0 aliphatic heterocycles. The van der Waals surface area contributed by atoms with Crippen LogP contribution in [0, 0.1) is 0 Å². The summed E-state index contributed by atoms with van der Waals surface area (Å²) in [5, 5.41) is 3.84. The Hall–Kier alpha value is -3.06. The lowest BCUT2D eigenvalue weighted by atomic mass is 10.1. The van der Waals surface area contributed by atoms with Crippen molar-refractivity contribution in [2.24, 2.45) is 0 Å². The third kappa shape index (κ3) is 3.07. The van der Waals surface area contributed by atoms with Crippen LogP contribution >= 0.6 is 11.3 Å². The molecule has 3 heterocycles. The number of fused-ring (bicyclic) bond motifs is 3. The zero-order valence-corrected chi connectivity index (χ0v) is 16.5. The Morgan fingerprint density at radius 1 is 1.18 bits per heavy atom. The van der Waals surface area contributed by atoms with Crippen molar-refractivity contribution in [2.75, 3.05) is 5.32 Å². The molecule has 0 aliphatic carbocycles. The number of hydrogen-bond acceptors (Lipinski definition) is 5. The summed E-state index contributed by atoms with van der Waals surface area (Å²) in [6.07, 6.45) is 4.47. The van der Waals surface area contributed by atoms with E-state index in [0.717, 1.165) is 27.9 Å². The van der Waals surface area contributed by atoms with Gasteiger partial charge in [-0.1, -0.05) is 32.0 Å². The maximum absolute atomic E-state index is 13.1. The van der Waals surface area contributed by atoms with Gasteiger partial charge in [-0.15, -0.1) is 11.3 Å². The summed E-state index contributed by atoms with van der Waals surface area (Å²) in [5.74, 6) is -0.217. The van der Waals surface area contributed by atoms with Crippen LogP contribution in [0.5, 0.6) is 0 Å². The molecule has 7 heteroatoms. The van der Waals surface area contributed by atoms with Gasteiger partial charge >= 0.3 is 0 Å². The molecule has 142 valence electrons. The van der Waals surface area contributed by atoms with Crippen molar-refractivity contribution < 1.29 is 4.79 Å². The van der Waals surface area contributed by atoms with Crippen molar-refractivity contribution in [2.45, 2.75) is 32.7 Å². The third-order valence-corrected chi connectivity index (χ3v) is 5.95. The first-order valence-corrected chi connectivity index (χ1v) is 10.1. The Labute approximate surface area is 165 Å². The quantitative estimate of drug-likeness (QED) is 0.553. The van der Waals surface area contributed by atoms with E-state index in [1.807, 2.05) is 50.2 Å². The van der Waals surface area contributed by atoms with Gasteiger partial charge in [0.25, 0.3) is 5.56 Å². The van der Waals surface area contributed by atoms with Gasteiger partial charge in [-0.25, -0.2) is 9.97 Å². The topological polar surface area (TPSA) is 76.9 Å². The highest BCUT2D eigenvalue weighted by atomic mass is 32.1. The van der Waals surface area contributed by atoms with Gasteiger partial charge in [0.2, 0.25) is 5.91 Å². The highest BCUT2D eigenvalue weighted by Gasteiger charge is 2.23. The van der Waals surface area contributed by atoms with E-state index < -0.39 is 6.04 Å². The number of benzene rings is 1. The van der Waals surface area contributed by atoms with Crippen LogP contribution in [0.25, 0.3) is 20.4 Å². The van der Waals surface area contributed by atoms with Crippen LogP contribution in [0.15, 0.2) is 53.7 Å². The smallest absolute Gasteiger partial charge is 0.272 e. The number of aromatic nitrogens is 3. The molecule has 1 N–H and O–H groups in total. The van der Waals surface area contributed by atoms with Crippen molar-refractivity contribution in [1.82, 2.24) is 14.5 Å². The van der Waals surface area contributed by atoms with Crippen LogP contribution in [0.1, 0.15) is 31.9 Å². The van der Waals surface area contributed by atoms with Gasteiger partial charge in [0.1, 0.15) is 15.6 Å². The van der Waals surface area contributed by atoms with E-state index in [1.54, 1.807) is 6.20 Å². The zero-order valence-electron chi connectivity index (χ0n) is 15.7. The lowest BCUT2D eigenvalue weighted by Gasteiger charge is -2.18. The van der Waals surface area contributed by atoms with Crippen molar-refractivity contribution in [3.05, 3.63) is 64.8 Å². The van der Waals surface area contributed by atoms with Gasteiger partial charge in [0, 0.05) is 17.3 Å². The number of rotatable bonds is 5. The molecule has 0 unspecified atom stereocenters. The lowest BCUT2D eigenvalue weighted by Crippen LogP contribution is -2.33. The SMILES string of the molecule is CCc1ccccc1NC(=O)[C@@H](CC)n1cnc2c(sc3ncccc32)c1=O. The lowest BCUT2D eigenvalue weighted by molar-refractivity contribution is -0.119. The molecular weight excluding hydrogens is 372 g/mol. The Morgan fingerprint density at radius 3 is 2.79 bits per heavy atom. The molecule has 0 saturated heterocycles. The summed E-state index contributed by atoms with van der Waals surface area (Å²) >= 11 is 1.31. The number of thiophene rings is 1. The molecule has 4 aromatic rings. The van der Waals surface area contributed by atoms with E-state index in [0.29, 0.717) is 16.6 Å². The van der Waals surface area contributed by atoms with Gasteiger partial charge in [-0.3, -0.25) is 14.2 Å². The van der Waals surface area contributed by atoms with Gasteiger partial charge in [0.05, 0.1) is 11.8 Å². The molecule has 1 aromatic carbocycles. The Morgan fingerprint density at radius 2 is 2.00 bits per heavy atom. The second kappa shape index (κ2) is 7.52. The van der Waals surface area contributed by atoms with Crippen molar-refractivity contribution in [3.63, 3.8) is 0 Å². The highest BCUT2D eigenvalue weighted by Crippen LogP contribution is 2.28. The predicted molar refractivity (Wildman–Crippen MR) is 113 cm³/mol. The Bertz CT molecular complexity index is 1230. The van der Waals surface area contributed by atoms with Gasteiger partial charge in [-0.05, 0) is 36.6 Å². The number of carbonyl (C=O) groups excluding carboxylic acids is 1. The third-order valence-electron chi connectivity index (χ3n) is 4.86. The first-order chi connectivity index (χ1) is 13.6. The average molecular weight is 392 g/mol. The number of para-hydroxylation sites is 1. The molecule has 0 bridgehead atoms. The highest BCUT2D eigenvalue weighted by molar-refractivity contribution is 7.25. The number of anilines is 1. The minimum atomic E-state index is -0.632. The standard InChI is InChI=1S/C21H20N4O2S/c1-3-13-8-5-6-10-15(13)24-19(26)16(4-2)25-12-23-17-14-9-7-11-22-20(14)28-18(17)21(25)27/h5-12,16H,3-4H2,1-2H3,(H,24,26)/t16-/m1/s1. The number of aryl methyl sites for hydroxylation is 1. The molecule has 0 saturated carbocycles. The van der Waals surface area contributed by atoms with Crippen LogP contribution < -0.4 is 10.9 Å². The number of nitrogens with zero attached hydrogens (tertiary/aromatic N) is 3. The van der Waals surface area contributed by atoms with Crippen molar-refractivity contribution >= 4 is 43.4 Å². The molecule has 0 radical (unpaired) electrons. The van der Waals surface area contributed by atoms with E-state index in [1.165, 1.54) is 22.2 Å². The van der Waals surface area contributed by atoms with Crippen LogP contribution in [0.4, 0.5) is 5.69 Å². The fourth-order valence-corrected chi connectivity index (χ4v) is 4.41. The summed E-state index contributed by atoms with van der Waals surface area (Å²) in [6, 6.07) is 10.8. The first kappa shape index (κ1) is 18.3. The van der Waals surface area contributed by atoms with Gasteiger partial charge in [-0.2, -0.15) is 0 Å². The van der Waals surface area contributed by atoms with Crippen LogP contribution in [-0.2, 0) is 11.2 Å². The molecule has 6 nitrogen and oxygen atoms in total. The maximum atomic E-state index is 13.1. The molecule has 0 fully saturated rings. The van der Waals surface area contributed by atoms with Crippen molar-refractivity contribution in [1.29, 1.82) is 0 Å². The van der Waals surface area contributed by atoms with E-state index >= 15 is 0 Å². The number of carbonyl (C=O) groups is 1. The summed E-state index contributed by atoms with van der Waals surface area (Å²) in [6.45, 7) is 3.93. The second-order valence-corrected chi connectivity index (χ2v) is 7.52. The minimum Gasteiger partial charge on any atom is -0.324 e. The molecule has 3 aromatic heterocycles. The van der Waals surface area contributed by atoms with Gasteiger partial charge in [0.15, 0.2) is 0 Å². The number of amides is 1. The zero-order chi connectivity index (χ0) is 19.7. The minimum absolute atomic E-state index is 0.209. The summed E-state index contributed by atoms with van der Waals surface area (Å²) in [7, 11) is 0. The largest absolute Gasteiger partial charge is 0.324 e. The van der Waals surface area contributed by atoms with E-state index in [9.17, 15) is 9.59 Å². The fourth-order valence-electron chi connectivity index (χ4n) is 3.38. The summed E-state index contributed by atoms with van der Waals surface area (Å²) in [4.78, 5) is 35.6. The van der Waals surface area contributed by atoms with Crippen LogP contribution in [-0.4, -0.2) is 20.4 Å². The van der Waals surface area contributed by atoms with E-state index in [2.05, 4.69) is 15.3 Å². The molecular formula is C21H20N4O2S. The Balaban J connectivity index is 1.74. The predicted octanol–water partition coefficient (Wildman–Crippen LogP) is 4.16. The van der Waals surface area contributed by atoms with E-state index in [4.69, 9.17) is 0 Å². The molecule has 28 heavy (non-hydrogen) atoms. The monoisotopic (exact) mass is 392 g/mol. The van der Waals surface area contributed by atoms with Crippen molar-refractivity contribution in [3.8, 4) is 0 Å². The second-order valence-electron chi connectivity index (χ2n) is 6.52. The van der Waals surface area contributed by atoms with E-state index in [-0.39, 0.29) is 11.5 Å². The maximum Gasteiger partial charge on any atom is 0.272 e. The Kier molecular flexibility index (Phi) is 4.92. The molecule has 1 atom stereocenters. The molecule has 0 spiro atoms. The number of pyridine rings is 1.